The zero-order valence-electron chi connectivity index (χ0n) is 17.9. The molecule has 4 aromatic rings. The highest BCUT2D eigenvalue weighted by Crippen LogP contribution is 2.41. The van der Waals surface area contributed by atoms with Gasteiger partial charge in [-0.15, -0.1) is 0 Å². The van der Waals surface area contributed by atoms with Gasteiger partial charge in [0.25, 0.3) is 0 Å². The first kappa shape index (κ1) is 20.0. The lowest BCUT2D eigenvalue weighted by Crippen LogP contribution is -2.44. The van der Waals surface area contributed by atoms with Crippen LogP contribution < -0.4 is 5.32 Å². The summed E-state index contributed by atoms with van der Waals surface area (Å²) >= 11 is 0. The van der Waals surface area contributed by atoms with E-state index in [1.807, 2.05) is 73.7 Å². The van der Waals surface area contributed by atoms with Gasteiger partial charge >= 0.3 is 5.97 Å². The number of nitrogens with zero attached hydrogens (tertiary/aromatic N) is 2. The number of para-hydroxylation sites is 2. The molecule has 1 N–H and O–H groups in total. The lowest BCUT2D eigenvalue weighted by atomic mass is 9.80. The lowest BCUT2D eigenvalue weighted by molar-refractivity contribution is 0.0600. The number of Topliss-reactive ketones (excluding diaryl/α,β-unsaturated/α-hetero) is 1. The second-order valence-corrected chi connectivity index (χ2v) is 8.04. The highest BCUT2D eigenvalue weighted by atomic mass is 16.5. The van der Waals surface area contributed by atoms with Gasteiger partial charge in [-0.1, -0.05) is 54.6 Å². The van der Waals surface area contributed by atoms with Gasteiger partial charge in [-0.25, -0.2) is 9.78 Å². The van der Waals surface area contributed by atoms with Crippen LogP contribution in [0.25, 0.3) is 11.0 Å². The molecule has 0 radical (unpaired) electrons. The number of hydrogen-bond acceptors (Lipinski definition) is 5. The molecule has 1 aliphatic rings. The molecule has 160 valence electrons. The molecule has 1 aliphatic heterocycles. The molecule has 0 fully saturated rings. The number of anilines is 1. The van der Waals surface area contributed by atoms with Crippen LogP contribution in [0.2, 0.25) is 0 Å². The van der Waals surface area contributed by atoms with Crippen molar-refractivity contribution < 1.29 is 14.3 Å². The molecule has 2 heterocycles. The van der Waals surface area contributed by atoms with E-state index in [0.29, 0.717) is 11.1 Å². The molecule has 6 nitrogen and oxygen atoms in total. The van der Waals surface area contributed by atoms with Gasteiger partial charge in [0.2, 0.25) is 5.95 Å². The third-order valence-electron chi connectivity index (χ3n) is 6.14. The highest BCUT2D eigenvalue weighted by molar-refractivity contribution is 5.99. The average Bonchev–Trinajstić information content (AvgIpc) is 3.20. The highest BCUT2D eigenvalue weighted by Gasteiger charge is 2.41. The number of esters is 1. The molecule has 32 heavy (non-hydrogen) atoms. The fourth-order valence-electron chi connectivity index (χ4n) is 4.61. The van der Waals surface area contributed by atoms with E-state index in [1.165, 1.54) is 7.11 Å². The number of imidazole rings is 1. The molecule has 0 spiro atoms. The van der Waals surface area contributed by atoms with Crippen molar-refractivity contribution in [2.75, 3.05) is 12.4 Å². The van der Waals surface area contributed by atoms with Gasteiger partial charge in [-0.2, -0.15) is 0 Å². The van der Waals surface area contributed by atoms with Gasteiger partial charge < -0.3 is 14.6 Å². The maximum atomic E-state index is 13.7. The fourth-order valence-corrected chi connectivity index (χ4v) is 4.61. The molecule has 3 aromatic carbocycles. The number of fused-ring (bicyclic) bond motifs is 3. The Balaban J connectivity index is 1.69. The molecule has 0 unspecified atom stereocenters. The van der Waals surface area contributed by atoms with Crippen LogP contribution >= 0.6 is 0 Å². The van der Waals surface area contributed by atoms with Gasteiger partial charge in [-0.3, -0.25) is 4.79 Å². The predicted molar refractivity (Wildman–Crippen MR) is 123 cm³/mol. The summed E-state index contributed by atoms with van der Waals surface area (Å²) in [5.41, 5.74) is 3.90. The molecule has 3 atom stereocenters. The third-order valence-corrected chi connectivity index (χ3v) is 6.14. The number of hydrogen-bond donors (Lipinski definition) is 1. The molecule has 6 heteroatoms. The number of ether oxygens (including phenoxy) is 1. The van der Waals surface area contributed by atoms with Crippen molar-refractivity contribution >= 4 is 28.7 Å². The molecule has 0 bridgehead atoms. The number of benzene rings is 3. The smallest absolute Gasteiger partial charge is 0.337 e. The summed E-state index contributed by atoms with van der Waals surface area (Å²) in [5, 5.41) is 3.45. The lowest BCUT2D eigenvalue weighted by Gasteiger charge is -2.38. The van der Waals surface area contributed by atoms with Crippen LogP contribution in [0, 0.1) is 5.92 Å². The van der Waals surface area contributed by atoms with Gasteiger partial charge in [0.15, 0.2) is 5.78 Å². The van der Waals surface area contributed by atoms with E-state index in [1.54, 1.807) is 12.1 Å². The fraction of sp³-hybridized carbons (Fsp3) is 0.192. The predicted octanol–water partition coefficient (Wildman–Crippen LogP) is 4.73. The second-order valence-electron chi connectivity index (χ2n) is 8.04. The summed E-state index contributed by atoms with van der Waals surface area (Å²) in [6.07, 6.45) is 0. The first-order chi connectivity index (χ1) is 15.6. The number of rotatable bonds is 4. The van der Waals surface area contributed by atoms with Gasteiger partial charge in [0.1, 0.15) is 0 Å². The van der Waals surface area contributed by atoms with Crippen LogP contribution in [0.4, 0.5) is 5.95 Å². The Hall–Kier alpha value is -3.93. The van der Waals surface area contributed by atoms with Crippen molar-refractivity contribution in [2.45, 2.75) is 19.0 Å². The van der Waals surface area contributed by atoms with Crippen LogP contribution in [0.5, 0.6) is 0 Å². The standard InChI is InChI=1S/C26H23N3O3/c1-16-22(24(30)18-8-4-3-5-9-18)23(17-12-14-19(15-13-17)25(31)32-2)29-21-11-7-6-10-20(21)28-26(29)27-16/h3-16,22-23H,1-2H3,(H,27,28)/t16-,22-,23-/m1/s1. The molecule has 0 saturated carbocycles. The minimum Gasteiger partial charge on any atom is -0.465 e. The Morgan fingerprint density at radius 1 is 0.906 bits per heavy atom. The van der Waals surface area contributed by atoms with Gasteiger partial charge in [-0.05, 0) is 36.8 Å². The molecule has 0 aliphatic carbocycles. The van der Waals surface area contributed by atoms with E-state index in [0.717, 1.165) is 22.5 Å². The minimum atomic E-state index is -0.388. The van der Waals surface area contributed by atoms with Crippen LogP contribution in [-0.4, -0.2) is 34.5 Å². The largest absolute Gasteiger partial charge is 0.465 e. The van der Waals surface area contributed by atoms with Crippen LogP contribution in [-0.2, 0) is 4.74 Å². The minimum absolute atomic E-state index is 0.0658. The molecule has 5 rings (SSSR count). The number of methoxy groups -OCH3 is 1. The van der Waals surface area contributed by atoms with Crippen molar-refractivity contribution in [3.8, 4) is 0 Å². The summed E-state index contributed by atoms with van der Waals surface area (Å²) in [7, 11) is 1.36. The van der Waals surface area contributed by atoms with Crippen molar-refractivity contribution in [2.24, 2.45) is 5.92 Å². The maximum absolute atomic E-state index is 13.7. The quantitative estimate of drug-likeness (QED) is 0.378. The first-order valence-corrected chi connectivity index (χ1v) is 10.6. The zero-order valence-corrected chi connectivity index (χ0v) is 17.9. The van der Waals surface area contributed by atoms with Gasteiger partial charge in [0, 0.05) is 11.6 Å². The summed E-state index contributed by atoms with van der Waals surface area (Å²) in [5.74, 6) is 0.0429. The summed E-state index contributed by atoms with van der Waals surface area (Å²) in [6, 6.07) is 24.2. The van der Waals surface area contributed by atoms with E-state index in [4.69, 9.17) is 9.72 Å². The molecule has 1 aromatic heterocycles. The number of aromatic nitrogens is 2. The molecular formula is C26H23N3O3. The number of ketones is 1. The number of nitrogens with one attached hydrogen (secondary N) is 1. The Kier molecular flexibility index (Phi) is 4.98. The van der Waals surface area contributed by atoms with E-state index >= 15 is 0 Å². The Morgan fingerprint density at radius 2 is 1.59 bits per heavy atom. The van der Waals surface area contributed by atoms with Gasteiger partial charge in [0.05, 0.1) is 35.7 Å². The zero-order chi connectivity index (χ0) is 22.2. The van der Waals surface area contributed by atoms with Crippen LogP contribution in [0.1, 0.15) is 39.2 Å². The Morgan fingerprint density at radius 3 is 2.31 bits per heavy atom. The number of carbonyl (C=O) groups is 2. The Bertz CT molecular complexity index is 1300. The van der Waals surface area contributed by atoms with Crippen molar-refractivity contribution in [1.82, 2.24) is 9.55 Å². The van der Waals surface area contributed by atoms with E-state index in [-0.39, 0.29) is 29.8 Å². The molecule has 0 saturated heterocycles. The summed E-state index contributed by atoms with van der Waals surface area (Å²) in [4.78, 5) is 30.4. The van der Waals surface area contributed by atoms with Crippen molar-refractivity contribution in [3.63, 3.8) is 0 Å². The first-order valence-electron chi connectivity index (χ1n) is 10.6. The van der Waals surface area contributed by atoms with Crippen LogP contribution in [0.15, 0.2) is 78.9 Å². The van der Waals surface area contributed by atoms with E-state index < -0.39 is 0 Å². The van der Waals surface area contributed by atoms with E-state index in [2.05, 4.69) is 9.88 Å². The average molecular weight is 425 g/mol. The van der Waals surface area contributed by atoms with E-state index in [9.17, 15) is 9.59 Å². The Labute approximate surface area is 185 Å². The van der Waals surface area contributed by atoms with Crippen LogP contribution in [0.3, 0.4) is 0 Å². The van der Waals surface area contributed by atoms with Crippen molar-refractivity contribution in [1.29, 1.82) is 0 Å². The summed E-state index contributed by atoms with van der Waals surface area (Å²) < 4.78 is 6.94. The second kappa shape index (κ2) is 7.96. The SMILES string of the molecule is COC(=O)c1ccc([C@@H]2[C@H](C(=O)c3ccccc3)[C@@H](C)Nc3nc4ccccc4n32)cc1. The number of carbonyl (C=O) groups excluding carboxylic acids is 2. The third kappa shape index (κ3) is 3.24. The molecule has 0 amide bonds. The molecular weight excluding hydrogens is 402 g/mol. The summed E-state index contributed by atoms with van der Waals surface area (Å²) in [6.45, 7) is 2.02. The normalized spacial score (nSPS) is 19.8. The van der Waals surface area contributed by atoms with Crippen molar-refractivity contribution in [3.05, 3.63) is 95.6 Å². The topological polar surface area (TPSA) is 73.2 Å². The maximum Gasteiger partial charge on any atom is 0.337 e. The monoisotopic (exact) mass is 425 g/mol.